The van der Waals surface area contributed by atoms with Crippen LogP contribution in [0.5, 0.6) is 5.75 Å². The average Bonchev–Trinajstić information content (AvgIpc) is 3.40. The lowest BCUT2D eigenvalue weighted by Gasteiger charge is -2.12. The molecule has 26 heavy (non-hydrogen) atoms. The Balaban J connectivity index is 1.57. The van der Waals surface area contributed by atoms with Crippen molar-refractivity contribution < 1.29 is 9.53 Å². The molecule has 4 nitrogen and oxygen atoms in total. The number of ether oxygens (including phenoxy) is 1. The van der Waals surface area contributed by atoms with Crippen molar-refractivity contribution in [1.82, 2.24) is 4.57 Å². The number of aryl methyl sites for hydroxylation is 1. The number of carbonyl (C=O) groups is 1. The van der Waals surface area contributed by atoms with E-state index >= 15 is 0 Å². The van der Waals surface area contributed by atoms with Gasteiger partial charge in [-0.2, -0.15) is 0 Å². The topological polar surface area (TPSA) is 43.3 Å². The Morgan fingerprint density at radius 2 is 1.77 bits per heavy atom. The van der Waals surface area contributed by atoms with Crippen LogP contribution < -0.4 is 10.1 Å². The predicted molar refractivity (Wildman–Crippen MR) is 104 cm³/mol. The molecule has 1 heterocycles. The minimum atomic E-state index is -0.502. The summed E-state index contributed by atoms with van der Waals surface area (Å²) in [6.45, 7) is 0. The molecule has 0 spiro atoms. The average molecular weight is 367 g/mol. The molecule has 1 aliphatic rings. The first-order valence-electron chi connectivity index (χ1n) is 8.60. The molecule has 1 aromatic heterocycles. The molecular weight excluding hydrogens is 348 g/mol. The number of anilines is 1. The number of amides is 1. The highest BCUT2D eigenvalue weighted by Gasteiger charge is 2.29. The van der Waals surface area contributed by atoms with Crippen LogP contribution in [0.3, 0.4) is 0 Å². The van der Waals surface area contributed by atoms with Gasteiger partial charge in [-0.3, -0.25) is 5.32 Å². The second-order valence-electron chi connectivity index (χ2n) is 6.56. The Bertz CT molecular complexity index is 960. The van der Waals surface area contributed by atoms with Crippen LogP contribution in [0.2, 0.25) is 5.02 Å². The Hall–Kier alpha value is -2.72. The molecule has 0 radical (unpaired) electrons. The minimum absolute atomic E-state index is 0.502. The van der Waals surface area contributed by atoms with Crippen molar-refractivity contribution in [2.45, 2.75) is 18.8 Å². The molecule has 5 heteroatoms. The van der Waals surface area contributed by atoms with Gasteiger partial charge >= 0.3 is 6.09 Å². The molecule has 1 saturated carbocycles. The summed E-state index contributed by atoms with van der Waals surface area (Å²) in [4.78, 5) is 12.5. The predicted octanol–water partition coefficient (Wildman–Crippen LogP) is 5.83. The van der Waals surface area contributed by atoms with Crippen LogP contribution >= 0.6 is 11.6 Å². The van der Waals surface area contributed by atoms with Gasteiger partial charge in [-0.25, -0.2) is 4.79 Å². The molecule has 0 saturated heterocycles. The molecule has 1 amide bonds. The Labute approximate surface area is 157 Å². The molecule has 1 N–H and O–H groups in total. The summed E-state index contributed by atoms with van der Waals surface area (Å²) in [7, 11) is 1.93. The number of nitrogens with zero attached hydrogens (tertiary/aromatic N) is 1. The first-order chi connectivity index (χ1) is 12.6. The summed E-state index contributed by atoms with van der Waals surface area (Å²) in [6, 6.07) is 15.1. The van der Waals surface area contributed by atoms with Gasteiger partial charge in [0.2, 0.25) is 0 Å². The highest BCUT2D eigenvalue weighted by Crippen LogP contribution is 2.44. The third-order valence-corrected chi connectivity index (χ3v) is 4.83. The van der Waals surface area contributed by atoms with Crippen LogP contribution in [0.1, 0.15) is 24.3 Å². The number of benzene rings is 2. The van der Waals surface area contributed by atoms with Crippen LogP contribution in [0.25, 0.3) is 11.1 Å². The molecule has 0 aliphatic heterocycles. The number of carbonyl (C=O) groups excluding carboxylic acids is 1. The van der Waals surface area contributed by atoms with Crippen molar-refractivity contribution in [2.75, 3.05) is 5.32 Å². The third-order valence-electron chi connectivity index (χ3n) is 4.50. The minimum Gasteiger partial charge on any atom is -0.408 e. The Morgan fingerprint density at radius 1 is 1.08 bits per heavy atom. The summed E-state index contributed by atoms with van der Waals surface area (Å²) in [5.41, 5.74) is 3.48. The molecule has 132 valence electrons. The lowest BCUT2D eigenvalue weighted by Crippen LogP contribution is -2.17. The van der Waals surface area contributed by atoms with Crippen LogP contribution in [0, 0.1) is 0 Å². The van der Waals surface area contributed by atoms with Gasteiger partial charge in [-0.15, -0.1) is 0 Å². The number of nitrogens with one attached hydrogen (secondary N) is 1. The van der Waals surface area contributed by atoms with Gasteiger partial charge in [0.25, 0.3) is 0 Å². The van der Waals surface area contributed by atoms with Crippen molar-refractivity contribution in [1.29, 1.82) is 0 Å². The monoisotopic (exact) mass is 366 g/mol. The fourth-order valence-corrected chi connectivity index (χ4v) is 3.35. The highest BCUT2D eigenvalue weighted by molar-refractivity contribution is 6.33. The van der Waals surface area contributed by atoms with Crippen molar-refractivity contribution in [3.8, 4) is 16.9 Å². The lowest BCUT2D eigenvalue weighted by atomic mass is 10.0. The van der Waals surface area contributed by atoms with Crippen molar-refractivity contribution >= 4 is 23.4 Å². The van der Waals surface area contributed by atoms with Gasteiger partial charge in [0.15, 0.2) is 5.75 Å². The standard InChI is InChI=1S/C21H19ClN2O2/c1-24-12-17(14-10-11-14)20(13-24)26-21(25)23-19-9-5-3-7-16(19)15-6-2-4-8-18(15)22/h2-9,12-14H,10-11H2,1H3,(H,23,25). The van der Waals surface area contributed by atoms with Gasteiger partial charge in [-0.05, 0) is 30.9 Å². The largest absolute Gasteiger partial charge is 0.417 e. The maximum atomic E-state index is 12.5. The summed E-state index contributed by atoms with van der Waals surface area (Å²) in [6.07, 6.45) is 5.66. The van der Waals surface area contributed by atoms with E-state index in [0.29, 0.717) is 22.4 Å². The fraction of sp³-hybridized carbons (Fsp3) is 0.190. The van der Waals surface area contributed by atoms with Crippen molar-refractivity contribution in [3.05, 3.63) is 71.5 Å². The fourth-order valence-electron chi connectivity index (χ4n) is 3.11. The second kappa shape index (κ2) is 6.89. The van der Waals surface area contributed by atoms with E-state index in [-0.39, 0.29) is 0 Å². The summed E-state index contributed by atoms with van der Waals surface area (Å²) in [5.74, 6) is 1.14. The first kappa shape index (κ1) is 16.7. The van der Waals surface area contributed by atoms with E-state index in [0.717, 1.165) is 29.5 Å². The molecule has 3 aromatic rings. The van der Waals surface area contributed by atoms with Gasteiger partial charge in [0.05, 0.1) is 5.69 Å². The molecule has 2 aromatic carbocycles. The molecule has 0 atom stereocenters. The number of halogens is 1. The highest BCUT2D eigenvalue weighted by atomic mass is 35.5. The summed E-state index contributed by atoms with van der Waals surface area (Å²) in [5, 5.41) is 3.48. The normalized spacial score (nSPS) is 13.5. The number of para-hydroxylation sites is 1. The van der Waals surface area contributed by atoms with Crippen LogP contribution in [-0.4, -0.2) is 10.7 Å². The zero-order valence-electron chi connectivity index (χ0n) is 14.4. The van der Waals surface area contributed by atoms with Crippen molar-refractivity contribution in [3.63, 3.8) is 0 Å². The molecule has 0 bridgehead atoms. The summed E-state index contributed by atoms with van der Waals surface area (Å²) < 4.78 is 7.51. The quantitative estimate of drug-likeness (QED) is 0.630. The van der Waals surface area contributed by atoms with Crippen molar-refractivity contribution in [2.24, 2.45) is 7.05 Å². The summed E-state index contributed by atoms with van der Waals surface area (Å²) >= 11 is 6.32. The van der Waals surface area contributed by atoms with Crippen LogP contribution in [0.15, 0.2) is 60.9 Å². The van der Waals surface area contributed by atoms with E-state index in [9.17, 15) is 4.79 Å². The second-order valence-corrected chi connectivity index (χ2v) is 6.96. The molecule has 1 aliphatic carbocycles. The number of hydrogen-bond donors (Lipinski definition) is 1. The van der Waals surface area contributed by atoms with E-state index in [2.05, 4.69) is 5.32 Å². The van der Waals surface area contributed by atoms with E-state index in [1.807, 2.05) is 72.5 Å². The maximum Gasteiger partial charge on any atom is 0.417 e. The number of rotatable bonds is 4. The van der Waals surface area contributed by atoms with E-state index < -0.39 is 6.09 Å². The molecule has 4 rings (SSSR count). The van der Waals surface area contributed by atoms with Gasteiger partial charge < -0.3 is 9.30 Å². The zero-order chi connectivity index (χ0) is 18.1. The first-order valence-corrected chi connectivity index (χ1v) is 8.98. The third kappa shape index (κ3) is 3.46. The van der Waals surface area contributed by atoms with Crippen LogP contribution in [0.4, 0.5) is 10.5 Å². The lowest BCUT2D eigenvalue weighted by molar-refractivity contribution is 0.215. The number of aromatic nitrogens is 1. The van der Waals surface area contributed by atoms with Crippen LogP contribution in [-0.2, 0) is 7.05 Å². The smallest absolute Gasteiger partial charge is 0.408 e. The zero-order valence-corrected chi connectivity index (χ0v) is 15.2. The molecular formula is C21H19ClN2O2. The SMILES string of the molecule is Cn1cc(OC(=O)Nc2ccccc2-c2ccccc2Cl)c(C2CC2)c1. The molecule has 0 unspecified atom stereocenters. The van der Waals surface area contributed by atoms with Gasteiger partial charge in [-0.1, -0.05) is 48.0 Å². The molecule has 1 fully saturated rings. The van der Waals surface area contributed by atoms with Gasteiger partial charge in [0.1, 0.15) is 0 Å². The Morgan fingerprint density at radius 3 is 2.50 bits per heavy atom. The number of hydrogen-bond acceptors (Lipinski definition) is 2. The Kier molecular flexibility index (Phi) is 4.43. The van der Waals surface area contributed by atoms with E-state index in [1.165, 1.54) is 0 Å². The maximum absolute atomic E-state index is 12.5. The van der Waals surface area contributed by atoms with E-state index in [4.69, 9.17) is 16.3 Å². The van der Waals surface area contributed by atoms with Gasteiger partial charge in [0, 0.05) is 41.2 Å². The van der Waals surface area contributed by atoms with E-state index in [1.54, 1.807) is 0 Å².